The van der Waals surface area contributed by atoms with Crippen LogP contribution < -0.4 is 4.74 Å². The summed E-state index contributed by atoms with van der Waals surface area (Å²) in [5.41, 5.74) is 1.17. The van der Waals surface area contributed by atoms with Gasteiger partial charge in [0.25, 0.3) is 0 Å². The van der Waals surface area contributed by atoms with Crippen LogP contribution in [0.15, 0.2) is 46.9 Å². The summed E-state index contributed by atoms with van der Waals surface area (Å²) >= 11 is 5.84. The average Bonchev–Trinajstić information content (AvgIpc) is 2.80. The Hall–Kier alpha value is -2.53. The zero-order valence-electron chi connectivity index (χ0n) is 10.0. The minimum atomic E-state index is -1.12. The van der Waals surface area contributed by atoms with Gasteiger partial charge in [-0.25, -0.2) is 4.79 Å². The number of ether oxygens (including phenoxy) is 1. The first-order chi connectivity index (χ1) is 9.63. The molecular formula is C14H8ClNO4. The normalized spacial score (nSPS) is 10.7. The van der Waals surface area contributed by atoms with E-state index in [0.717, 1.165) is 0 Å². The van der Waals surface area contributed by atoms with Gasteiger partial charge in [-0.15, -0.1) is 0 Å². The van der Waals surface area contributed by atoms with Crippen LogP contribution >= 0.6 is 11.6 Å². The third-order valence-electron chi connectivity index (χ3n) is 2.65. The van der Waals surface area contributed by atoms with Crippen LogP contribution in [-0.2, 0) is 0 Å². The molecule has 3 aromatic rings. The van der Waals surface area contributed by atoms with Crippen molar-refractivity contribution < 1.29 is 19.1 Å². The van der Waals surface area contributed by atoms with Crippen LogP contribution in [0.4, 0.5) is 0 Å². The standard InChI is InChI=1S/C14H8ClNO4/c15-8-5-6-9(13(17)18)12(7-8)20-14-16-10-3-1-2-4-11(10)19-14/h1-7H,(H,17,18). The molecule has 0 unspecified atom stereocenters. The maximum Gasteiger partial charge on any atom is 0.400 e. The van der Waals surface area contributed by atoms with E-state index < -0.39 is 5.97 Å². The van der Waals surface area contributed by atoms with Gasteiger partial charge in [0, 0.05) is 11.1 Å². The highest BCUT2D eigenvalue weighted by Crippen LogP contribution is 2.30. The van der Waals surface area contributed by atoms with Gasteiger partial charge < -0.3 is 14.3 Å². The molecule has 0 aliphatic heterocycles. The minimum absolute atomic E-state index is 0.0170. The predicted molar refractivity (Wildman–Crippen MR) is 72.5 cm³/mol. The number of hydrogen-bond acceptors (Lipinski definition) is 4. The van der Waals surface area contributed by atoms with Gasteiger partial charge in [0.1, 0.15) is 16.8 Å². The zero-order valence-corrected chi connectivity index (χ0v) is 10.8. The molecule has 1 heterocycles. The summed E-state index contributed by atoms with van der Waals surface area (Å²) in [6.07, 6.45) is -0.0315. The van der Waals surface area contributed by atoms with Crippen LogP contribution in [-0.4, -0.2) is 16.1 Å². The Balaban J connectivity index is 2.01. The fourth-order valence-corrected chi connectivity index (χ4v) is 1.91. The molecule has 0 saturated heterocycles. The Labute approximate surface area is 118 Å². The molecule has 1 N–H and O–H groups in total. The maximum atomic E-state index is 11.1. The zero-order chi connectivity index (χ0) is 14.1. The van der Waals surface area contributed by atoms with Crippen LogP contribution in [0.3, 0.4) is 0 Å². The molecule has 1 aromatic heterocycles. The number of benzene rings is 2. The number of rotatable bonds is 3. The van der Waals surface area contributed by atoms with E-state index in [1.807, 2.05) is 6.07 Å². The molecule has 0 aliphatic carbocycles. The number of halogens is 1. The summed E-state index contributed by atoms with van der Waals surface area (Å²) in [6, 6.07) is 11.4. The second-order valence-electron chi connectivity index (χ2n) is 4.00. The lowest BCUT2D eigenvalue weighted by molar-refractivity contribution is 0.0693. The quantitative estimate of drug-likeness (QED) is 0.789. The topological polar surface area (TPSA) is 72.6 Å². The van der Waals surface area contributed by atoms with Crippen molar-refractivity contribution in [1.29, 1.82) is 0 Å². The summed E-state index contributed by atoms with van der Waals surface area (Å²) in [4.78, 5) is 15.2. The molecule has 6 heteroatoms. The number of nitrogens with zero attached hydrogens (tertiary/aromatic N) is 1. The van der Waals surface area contributed by atoms with E-state index >= 15 is 0 Å². The summed E-state index contributed by atoms with van der Waals surface area (Å²) in [5.74, 6) is -1.04. The lowest BCUT2D eigenvalue weighted by Gasteiger charge is -2.05. The van der Waals surface area contributed by atoms with Gasteiger partial charge in [0.15, 0.2) is 5.58 Å². The van der Waals surface area contributed by atoms with Gasteiger partial charge in [-0.3, -0.25) is 0 Å². The number of aromatic nitrogens is 1. The molecule has 0 atom stereocenters. The average molecular weight is 290 g/mol. The number of carbonyl (C=O) groups is 1. The molecule has 0 fully saturated rings. The fourth-order valence-electron chi connectivity index (χ4n) is 1.75. The van der Waals surface area contributed by atoms with Gasteiger partial charge in [0.05, 0.1) is 0 Å². The van der Waals surface area contributed by atoms with Gasteiger partial charge >= 0.3 is 12.0 Å². The molecule has 0 aliphatic rings. The highest BCUT2D eigenvalue weighted by molar-refractivity contribution is 6.30. The number of para-hydroxylation sites is 2. The van der Waals surface area contributed by atoms with E-state index in [1.54, 1.807) is 18.2 Å². The van der Waals surface area contributed by atoms with Crippen molar-refractivity contribution in [3.63, 3.8) is 0 Å². The number of carboxylic acids is 1. The lowest BCUT2D eigenvalue weighted by atomic mass is 10.2. The summed E-state index contributed by atoms with van der Waals surface area (Å²) < 4.78 is 10.8. The first-order valence-corrected chi connectivity index (χ1v) is 6.07. The Bertz CT molecular complexity index is 764. The van der Waals surface area contributed by atoms with E-state index in [-0.39, 0.29) is 17.4 Å². The molecule has 100 valence electrons. The lowest BCUT2D eigenvalue weighted by Crippen LogP contribution is -1.99. The Morgan fingerprint density at radius 2 is 2.05 bits per heavy atom. The van der Waals surface area contributed by atoms with Gasteiger partial charge in [-0.05, 0) is 24.3 Å². The van der Waals surface area contributed by atoms with Crippen molar-refractivity contribution in [2.24, 2.45) is 0 Å². The maximum absolute atomic E-state index is 11.1. The highest BCUT2D eigenvalue weighted by Gasteiger charge is 2.15. The Kier molecular flexibility index (Phi) is 3.04. The number of aromatic carboxylic acids is 1. The van der Waals surface area contributed by atoms with E-state index in [9.17, 15) is 4.79 Å². The van der Waals surface area contributed by atoms with Crippen LogP contribution in [0.5, 0.6) is 11.8 Å². The van der Waals surface area contributed by atoms with Crippen molar-refractivity contribution in [3.8, 4) is 11.8 Å². The molecule has 0 spiro atoms. The van der Waals surface area contributed by atoms with Gasteiger partial charge in [-0.1, -0.05) is 23.7 Å². The van der Waals surface area contributed by atoms with Gasteiger partial charge in [-0.2, -0.15) is 4.98 Å². The van der Waals surface area contributed by atoms with Crippen molar-refractivity contribution in [2.45, 2.75) is 0 Å². The summed E-state index contributed by atoms with van der Waals surface area (Å²) in [6.45, 7) is 0. The van der Waals surface area contributed by atoms with E-state index in [1.165, 1.54) is 18.2 Å². The molecule has 2 aromatic carbocycles. The Morgan fingerprint density at radius 3 is 2.80 bits per heavy atom. The third-order valence-corrected chi connectivity index (χ3v) is 2.88. The predicted octanol–water partition coefficient (Wildman–Crippen LogP) is 3.97. The van der Waals surface area contributed by atoms with Crippen molar-refractivity contribution in [1.82, 2.24) is 4.98 Å². The van der Waals surface area contributed by atoms with E-state index in [2.05, 4.69) is 4.98 Å². The number of carboxylic acid groups (broad SMARTS) is 1. The molecule has 3 rings (SSSR count). The van der Waals surface area contributed by atoms with E-state index in [4.69, 9.17) is 25.9 Å². The monoisotopic (exact) mass is 289 g/mol. The first kappa shape index (κ1) is 12.5. The van der Waals surface area contributed by atoms with Crippen LogP contribution in [0.2, 0.25) is 5.02 Å². The van der Waals surface area contributed by atoms with Crippen LogP contribution in [0, 0.1) is 0 Å². The van der Waals surface area contributed by atoms with Crippen molar-refractivity contribution in [3.05, 3.63) is 53.1 Å². The summed E-state index contributed by atoms with van der Waals surface area (Å²) in [7, 11) is 0. The molecule has 0 bridgehead atoms. The summed E-state index contributed by atoms with van der Waals surface area (Å²) in [5, 5.41) is 9.46. The van der Waals surface area contributed by atoms with Crippen LogP contribution in [0.1, 0.15) is 10.4 Å². The SMILES string of the molecule is O=C(O)c1ccc(Cl)cc1Oc1nc2ccccc2o1. The molecular weight excluding hydrogens is 282 g/mol. The number of oxazole rings is 1. The third kappa shape index (κ3) is 2.31. The van der Waals surface area contributed by atoms with Crippen molar-refractivity contribution >= 4 is 28.7 Å². The van der Waals surface area contributed by atoms with Crippen molar-refractivity contribution in [2.75, 3.05) is 0 Å². The second-order valence-corrected chi connectivity index (χ2v) is 4.43. The van der Waals surface area contributed by atoms with E-state index in [0.29, 0.717) is 16.1 Å². The van der Waals surface area contributed by atoms with Gasteiger partial charge in [0.2, 0.25) is 0 Å². The Morgan fingerprint density at radius 1 is 1.25 bits per heavy atom. The minimum Gasteiger partial charge on any atom is -0.478 e. The molecule has 5 nitrogen and oxygen atoms in total. The van der Waals surface area contributed by atoms with Crippen LogP contribution in [0.25, 0.3) is 11.1 Å². The number of hydrogen-bond donors (Lipinski definition) is 1. The largest absolute Gasteiger partial charge is 0.478 e. The highest BCUT2D eigenvalue weighted by atomic mass is 35.5. The first-order valence-electron chi connectivity index (χ1n) is 5.70. The fraction of sp³-hybridized carbons (Fsp3) is 0. The number of fused-ring (bicyclic) bond motifs is 1. The molecule has 0 amide bonds. The molecule has 0 radical (unpaired) electrons. The molecule has 0 saturated carbocycles. The molecule has 20 heavy (non-hydrogen) atoms. The smallest absolute Gasteiger partial charge is 0.400 e. The second kappa shape index (κ2) is 4.86.